The van der Waals surface area contributed by atoms with Crippen LogP contribution in [0.15, 0.2) is 48.5 Å². The third kappa shape index (κ3) is 4.05. The van der Waals surface area contributed by atoms with Gasteiger partial charge in [0.1, 0.15) is 17.9 Å². The fourth-order valence-corrected chi connectivity index (χ4v) is 2.82. The zero-order chi connectivity index (χ0) is 18.5. The van der Waals surface area contributed by atoms with Gasteiger partial charge in [-0.15, -0.1) is 0 Å². The van der Waals surface area contributed by atoms with Crippen molar-refractivity contribution < 1.29 is 24.0 Å². The van der Waals surface area contributed by atoms with E-state index in [1.165, 1.54) is 0 Å². The van der Waals surface area contributed by atoms with Crippen LogP contribution >= 0.6 is 0 Å². The average molecular weight is 353 g/mol. The van der Waals surface area contributed by atoms with Crippen LogP contribution in [0.2, 0.25) is 0 Å². The predicted octanol–water partition coefficient (Wildman–Crippen LogP) is 1.89. The number of esters is 1. The SMILES string of the molecule is CCC(=O)N[C@H]1Cc2cccc(C(=O)OCc3ccccc3)c2OB1O. The summed E-state index contributed by atoms with van der Waals surface area (Å²) in [4.78, 5) is 24.0. The summed E-state index contributed by atoms with van der Waals surface area (Å²) < 4.78 is 10.9. The van der Waals surface area contributed by atoms with Gasteiger partial charge >= 0.3 is 13.1 Å². The lowest BCUT2D eigenvalue weighted by Gasteiger charge is -2.29. The second kappa shape index (κ2) is 8.06. The number of amides is 1. The molecule has 1 atom stereocenters. The van der Waals surface area contributed by atoms with Gasteiger partial charge in [-0.05, 0) is 23.6 Å². The van der Waals surface area contributed by atoms with Crippen molar-refractivity contribution in [3.05, 3.63) is 65.2 Å². The van der Waals surface area contributed by atoms with Crippen LogP contribution in [0.25, 0.3) is 0 Å². The topological polar surface area (TPSA) is 84.9 Å². The van der Waals surface area contributed by atoms with Crippen molar-refractivity contribution in [3.63, 3.8) is 0 Å². The molecule has 1 heterocycles. The van der Waals surface area contributed by atoms with Gasteiger partial charge in [0.15, 0.2) is 0 Å². The van der Waals surface area contributed by atoms with Crippen LogP contribution < -0.4 is 9.97 Å². The van der Waals surface area contributed by atoms with E-state index in [4.69, 9.17) is 9.39 Å². The fraction of sp³-hybridized carbons (Fsp3) is 0.263. The zero-order valence-electron chi connectivity index (χ0n) is 14.5. The maximum Gasteiger partial charge on any atom is 0.547 e. The molecule has 0 fully saturated rings. The normalized spacial score (nSPS) is 15.6. The number of hydrogen-bond donors (Lipinski definition) is 2. The van der Waals surface area contributed by atoms with Crippen molar-refractivity contribution in [2.45, 2.75) is 32.3 Å². The van der Waals surface area contributed by atoms with Crippen LogP contribution in [0.1, 0.15) is 34.8 Å². The lowest BCUT2D eigenvalue weighted by atomic mass is 9.72. The number of nitrogens with one attached hydrogen (secondary N) is 1. The van der Waals surface area contributed by atoms with Gasteiger partial charge in [-0.25, -0.2) is 4.79 Å². The van der Waals surface area contributed by atoms with E-state index >= 15 is 0 Å². The first-order valence-corrected chi connectivity index (χ1v) is 8.55. The lowest BCUT2D eigenvalue weighted by molar-refractivity contribution is -0.121. The minimum absolute atomic E-state index is 0.154. The molecule has 0 aliphatic carbocycles. The average Bonchev–Trinajstić information content (AvgIpc) is 2.67. The first kappa shape index (κ1) is 18.0. The Morgan fingerprint density at radius 3 is 2.73 bits per heavy atom. The van der Waals surface area contributed by atoms with Crippen LogP contribution in [0.3, 0.4) is 0 Å². The highest BCUT2D eigenvalue weighted by Crippen LogP contribution is 2.30. The number of fused-ring (bicyclic) bond motifs is 1. The second-order valence-corrected chi connectivity index (χ2v) is 6.10. The highest BCUT2D eigenvalue weighted by molar-refractivity contribution is 6.47. The van der Waals surface area contributed by atoms with Gasteiger partial charge in [0, 0.05) is 6.42 Å². The van der Waals surface area contributed by atoms with Gasteiger partial charge in [-0.2, -0.15) is 0 Å². The van der Waals surface area contributed by atoms with Crippen LogP contribution in [0.4, 0.5) is 0 Å². The third-order valence-corrected chi connectivity index (χ3v) is 4.22. The quantitative estimate of drug-likeness (QED) is 0.634. The zero-order valence-corrected chi connectivity index (χ0v) is 14.5. The molecule has 134 valence electrons. The molecule has 7 heteroatoms. The Labute approximate surface area is 152 Å². The first-order valence-electron chi connectivity index (χ1n) is 8.55. The molecule has 1 aliphatic heterocycles. The van der Waals surface area contributed by atoms with Crippen LogP contribution in [-0.4, -0.2) is 30.0 Å². The van der Waals surface area contributed by atoms with Crippen LogP contribution in [0.5, 0.6) is 5.75 Å². The van der Waals surface area contributed by atoms with Gasteiger partial charge in [-0.1, -0.05) is 49.4 Å². The monoisotopic (exact) mass is 353 g/mol. The molecule has 1 aliphatic rings. The Hall–Kier alpha value is -2.80. The molecule has 26 heavy (non-hydrogen) atoms. The number of ether oxygens (including phenoxy) is 1. The smallest absolute Gasteiger partial charge is 0.534 e. The van der Waals surface area contributed by atoms with E-state index in [1.54, 1.807) is 25.1 Å². The number of carbonyl (C=O) groups excluding carboxylic acids is 2. The summed E-state index contributed by atoms with van der Waals surface area (Å²) in [7, 11) is -1.22. The molecular weight excluding hydrogens is 333 g/mol. The van der Waals surface area contributed by atoms with E-state index in [-0.39, 0.29) is 18.1 Å². The van der Waals surface area contributed by atoms with Crippen molar-refractivity contribution in [1.82, 2.24) is 5.32 Å². The molecule has 3 rings (SSSR count). The van der Waals surface area contributed by atoms with Crippen LogP contribution in [0, 0.1) is 0 Å². The Kier molecular flexibility index (Phi) is 5.58. The first-order chi connectivity index (χ1) is 12.6. The van der Waals surface area contributed by atoms with Gasteiger partial charge in [0.25, 0.3) is 0 Å². The Balaban J connectivity index is 1.74. The third-order valence-electron chi connectivity index (χ3n) is 4.22. The number of rotatable bonds is 5. The molecule has 6 nitrogen and oxygen atoms in total. The summed E-state index contributed by atoms with van der Waals surface area (Å²) in [6.07, 6.45) is 0.698. The lowest BCUT2D eigenvalue weighted by Crippen LogP contribution is -2.53. The number of para-hydroxylation sites is 1. The summed E-state index contributed by atoms with van der Waals surface area (Å²) in [6.45, 7) is 1.89. The van der Waals surface area contributed by atoms with E-state index < -0.39 is 19.0 Å². The van der Waals surface area contributed by atoms with E-state index in [0.717, 1.165) is 11.1 Å². The molecule has 2 aromatic carbocycles. The van der Waals surface area contributed by atoms with Crippen molar-refractivity contribution in [1.29, 1.82) is 0 Å². The molecule has 0 radical (unpaired) electrons. The summed E-state index contributed by atoms with van der Waals surface area (Å²) in [5, 5.41) is 12.9. The Morgan fingerprint density at radius 2 is 2.00 bits per heavy atom. The van der Waals surface area contributed by atoms with Crippen molar-refractivity contribution in [3.8, 4) is 5.75 Å². The highest BCUT2D eigenvalue weighted by Gasteiger charge is 2.37. The van der Waals surface area contributed by atoms with Crippen molar-refractivity contribution in [2.24, 2.45) is 0 Å². The van der Waals surface area contributed by atoms with Gasteiger partial charge in [-0.3, -0.25) is 4.79 Å². The van der Waals surface area contributed by atoms with E-state index in [0.29, 0.717) is 18.6 Å². The van der Waals surface area contributed by atoms with Gasteiger partial charge in [0.2, 0.25) is 5.91 Å². The molecule has 2 aromatic rings. The van der Waals surface area contributed by atoms with Crippen molar-refractivity contribution >= 4 is 19.0 Å². The minimum Gasteiger partial charge on any atom is -0.534 e. The number of benzene rings is 2. The molecule has 2 N–H and O–H groups in total. The molecule has 0 unspecified atom stereocenters. The summed E-state index contributed by atoms with van der Waals surface area (Å²) in [6, 6.07) is 14.5. The van der Waals surface area contributed by atoms with E-state index in [1.807, 2.05) is 30.3 Å². The Morgan fingerprint density at radius 1 is 1.23 bits per heavy atom. The minimum atomic E-state index is -1.22. The molecule has 0 bridgehead atoms. The maximum absolute atomic E-state index is 12.4. The molecule has 0 saturated heterocycles. The predicted molar refractivity (Wildman–Crippen MR) is 96.5 cm³/mol. The van der Waals surface area contributed by atoms with Gasteiger partial charge in [0.05, 0.1) is 5.94 Å². The standard InChI is InChI=1S/C19H20BNO5/c1-2-17(22)21-16-11-14-9-6-10-15(18(14)26-20(16)24)19(23)25-12-13-7-4-3-5-8-13/h3-10,16,24H,2,11-12H2,1H3,(H,21,22)/t16-/m0/s1. The largest absolute Gasteiger partial charge is 0.547 e. The number of hydrogen-bond acceptors (Lipinski definition) is 5. The summed E-state index contributed by atoms with van der Waals surface area (Å²) >= 11 is 0. The Bertz CT molecular complexity index is 796. The van der Waals surface area contributed by atoms with E-state index in [2.05, 4.69) is 5.32 Å². The highest BCUT2D eigenvalue weighted by atomic mass is 16.5. The molecule has 0 saturated carbocycles. The van der Waals surface area contributed by atoms with Gasteiger partial charge < -0.3 is 19.7 Å². The second-order valence-electron chi connectivity index (χ2n) is 6.10. The number of carbonyl (C=O) groups is 2. The van der Waals surface area contributed by atoms with Crippen LogP contribution in [-0.2, 0) is 22.6 Å². The summed E-state index contributed by atoms with van der Waals surface area (Å²) in [5.41, 5.74) is 1.89. The molecule has 0 aromatic heterocycles. The van der Waals surface area contributed by atoms with Crippen molar-refractivity contribution in [2.75, 3.05) is 0 Å². The molecular formula is C19H20BNO5. The molecule has 1 amide bonds. The maximum atomic E-state index is 12.4. The molecule has 0 spiro atoms. The van der Waals surface area contributed by atoms with E-state index in [9.17, 15) is 14.6 Å². The fourth-order valence-electron chi connectivity index (χ4n) is 2.82. The summed E-state index contributed by atoms with van der Waals surface area (Å²) in [5.74, 6) is -0.931.